The van der Waals surface area contributed by atoms with Crippen LogP contribution in [0.5, 0.6) is 0 Å². The zero-order chi connectivity index (χ0) is 14.5. The Morgan fingerprint density at radius 1 is 1.15 bits per heavy atom. The molecule has 0 amide bonds. The molecule has 2 aromatic rings. The first-order valence-corrected chi connectivity index (χ1v) is 7.07. The van der Waals surface area contributed by atoms with Gasteiger partial charge in [0.05, 0.1) is 12.1 Å². The van der Waals surface area contributed by atoms with E-state index < -0.39 is 5.82 Å². The van der Waals surface area contributed by atoms with E-state index >= 15 is 0 Å². The van der Waals surface area contributed by atoms with Gasteiger partial charge >= 0.3 is 0 Å². The standard InChI is InChI=1S/C16H15BrFNO/c1-19(10-12-6-2-4-8-14(12)17)11-16(20)13-7-3-5-9-15(13)18/h2-9H,10-11H2,1H3. The maximum Gasteiger partial charge on any atom is 0.179 e. The highest BCUT2D eigenvalue weighted by atomic mass is 79.9. The Morgan fingerprint density at radius 3 is 2.50 bits per heavy atom. The second kappa shape index (κ2) is 6.77. The predicted molar refractivity (Wildman–Crippen MR) is 81.2 cm³/mol. The van der Waals surface area contributed by atoms with Crippen molar-refractivity contribution in [3.8, 4) is 0 Å². The zero-order valence-corrected chi connectivity index (χ0v) is 12.7. The molecular formula is C16H15BrFNO. The molecule has 0 saturated heterocycles. The Morgan fingerprint density at radius 2 is 1.80 bits per heavy atom. The molecule has 2 aromatic carbocycles. The van der Waals surface area contributed by atoms with Gasteiger partial charge < -0.3 is 0 Å². The molecule has 0 atom stereocenters. The van der Waals surface area contributed by atoms with Gasteiger partial charge in [-0.25, -0.2) is 4.39 Å². The number of nitrogens with zero attached hydrogens (tertiary/aromatic N) is 1. The van der Waals surface area contributed by atoms with E-state index in [1.54, 1.807) is 12.1 Å². The summed E-state index contributed by atoms with van der Waals surface area (Å²) in [5.41, 5.74) is 1.24. The summed E-state index contributed by atoms with van der Waals surface area (Å²) in [4.78, 5) is 13.9. The van der Waals surface area contributed by atoms with Crippen molar-refractivity contribution in [1.29, 1.82) is 0 Å². The van der Waals surface area contributed by atoms with Crippen LogP contribution in [0.4, 0.5) is 4.39 Å². The maximum atomic E-state index is 13.5. The molecule has 0 aliphatic heterocycles. The second-order valence-electron chi connectivity index (χ2n) is 4.67. The van der Waals surface area contributed by atoms with Gasteiger partial charge in [0.2, 0.25) is 0 Å². The van der Waals surface area contributed by atoms with Gasteiger partial charge in [0, 0.05) is 11.0 Å². The Kier molecular flexibility index (Phi) is 5.04. The van der Waals surface area contributed by atoms with E-state index in [1.165, 1.54) is 12.1 Å². The van der Waals surface area contributed by atoms with Crippen molar-refractivity contribution in [3.05, 3.63) is 69.9 Å². The highest BCUT2D eigenvalue weighted by Crippen LogP contribution is 2.17. The van der Waals surface area contributed by atoms with Crippen LogP contribution in [0.25, 0.3) is 0 Å². The van der Waals surface area contributed by atoms with E-state index in [4.69, 9.17) is 0 Å². The van der Waals surface area contributed by atoms with Crippen LogP contribution in [-0.4, -0.2) is 24.3 Å². The highest BCUT2D eigenvalue weighted by molar-refractivity contribution is 9.10. The number of halogens is 2. The summed E-state index contributed by atoms with van der Waals surface area (Å²) >= 11 is 3.48. The summed E-state index contributed by atoms with van der Waals surface area (Å²) in [5, 5.41) is 0. The van der Waals surface area contributed by atoms with Crippen molar-refractivity contribution in [1.82, 2.24) is 4.90 Å². The van der Waals surface area contributed by atoms with Gasteiger partial charge in [0.1, 0.15) is 5.82 Å². The fourth-order valence-electron chi connectivity index (χ4n) is 1.99. The van der Waals surface area contributed by atoms with Gasteiger partial charge in [-0.1, -0.05) is 46.3 Å². The summed E-state index contributed by atoms with van der Waals surface area (Å²) < 4.78 is 14.5. The average molecular weight is 336 g/mol. The minimum atomic E-state index is -0.466. The van der Waals surface area contributed by atoms with Crippen molar-refractivity contribution in [3.63, 3.8) is 0 Å². The van der Waals surface area contributed by atoms with E-state index in [9.17, 15) is 9.18 Å². The quantitative estimate of drug-likeness (QED) is 0.772. The minimum Gasteiger partial charge on any atom is -0.295 e. The number of rotatable bonds is 5. The van der Waals surface area contributed by atoms with Crippen LogP contribution >= 0.6 is 15.9 Å². The van der Waals surface area contributed by atoms with Crippen LogP contribution in [0.3, 0.4) is 0 Å². The number of likely N-dealkylation sites (N-methyl/N-ethyl adjacent to an activating group) is 1. The summed E-state index contributed by atoms with van der Waals surface area (Å²) in [6.07, 6.45) is 0. The fraction of sp³-hybridized carbons (Fsp3) is 0.188. The third-order valence-corrected chi connectivity index (χ3v) is 3.76. The molecule has 0 saturated carbocycles. The molecule has 0 fully saturated rings. The van der Waals surface area contributed by atoms with Crippen LogP contribution in [0.15, 0.2) is 53.0 Å². The van der Waals surface area contributed by atoms with Crippen molar-refractivity contribution in [2.45, 2.75) is 6.54 Å². The molecule has 104 valence electrons. The van der Waals surface area contributed by atoms with E-state index in [2.05, 4.69) is 15.9 Å². The lowest BCUT2D eigenvalue weighted by Crippen LogP contribution is -2.26. The minimum absolute atomic E-state index is 0.145. The number of hydrogen-bond donors (Lipinski definition) is 0. The number of ketones is 1. The van der Waals surface area contributed by atoms with Crippen molar-refractivity contribution in [2.24, 2.45) is 0 Å². The number of benzene rings is 2. The molecule has 2 nitrogen and oxygen atoms in total. The third-order valence-electron chi connectivity index (χ3n) is 2.99. The molecule has 0 aromatic heterocycles. The lowest BCUT2D eigenvalue weighted by Gasteiger charge is -2.17. The van der Waals surface area contributed by atoms with Crippen LogP contribution in [0, 0.1) is 5.82 Å². The molecule has 0 aliphatic carbocycles. The summed E-state index contributed by atoms with van der Waals surface area (Å²) in [6.45, 7) is 0.809. The van der Waals surface area contributed by atoms with Gasteiger partial charge in [-0.3, -0.25) is 9.69 Å². The van der Waals surface area contributed by atoms with Gasteiger partial charge in [-0.2, -0.15) is 0 Å². The lowest BCUT2D eigenvalue weighted by molar-refractivity contribution is 0.0939. The van der Waals surface area contributed by atoms with Crippen molar-refractivity contribution >= 4 is 21.7 Å². The van der Waals surface area contributed by atoms with Gasteiger partial charge in [-0.05, 0) is 30.8 Å². The molecule has 4 heteroatoms. The molecule has 0 bridgehead atoms. The number of Topliss-reactive ketones (excluding diaryl/α,β-unsaturated/α-hetero) is 1. The van der Waals surface area contributed by atoms with E-state index in [1.807, 2.05) is 36.2 Å². The third kappa shape index (κ3) is 3.74. The normalized spacial score (nSPS) is 10.8. The molecule has 0 aliphatic rings. The number of hydrogen-bond acceptors (Lipinski definition) is 2. The second-order valence-corrected chi connectivity index (χ2v) is 5.52. The van der Waals surface area contributed by atoms with Crippen LogP contribution in [0.2, 0.25) is 0 Å². The summed E-state index contributed by atoms with van der Waals surface area (Å²) in [5.74, 6) is -0.676. The Hall–Kier alpha value is -1.52. The average Bonchev–Trinajstić information content (AvgIpc) is 2.41. The van der Waals surface area contributed by atoms with E-state index in [0.29, 0.717) is 6.54 Å². The molecule has 20 heavy (non-hydrogen) atoms. The van der Waals surface area contributed by atoms with Crippen LogP contribution < -0.4 is 0 Å². The van der Waals surface area contributed by atoms with Crippen molar-refractivity contribution < 1.29 is 9.18 Å². The van der Waals surface area contributed by atoms with E-state index in [-0.39, 0.29) is 17.9 Å². The topological polar surface area (TPSA) is 20.3 Å². The van der Waals surface area contributed by atoms with Crippen LogP contribution in [0.1, 0.15) is 15.9 Å². The molecule has 0 spiro atoms. The van der Waals surface area contributed by atoms with Gasteiger partial charge in [-0.15, -0.1) is 0 Å². The lowest BCUT2D eigenvalue weighted by atomic mass is 10.1. The smallest absolute Gasteiger partial charge is 0.179 e. The van der Waals surface area contributed by atoms with Gasteiger partial charge in [0.15, 0.2) is 5.78 Å². The molecule has 0 unspecified atom stereocenters. The first-order valence-electron chi connectivity index (χ1n) is 6.27. The number of carbonyl (C=O) groups is 1. The monoisotopic (exact) mass is 335 g/mol. The van der Waals surface area contributed by atoms with Crippen molar-refractivity contribution in [2.75, 3.05) is 13.6 Å². The first-order chi connectivity index (χ1) is 9.58. The maximum absolute atomic E-state index is 13.5. The van der Waals surface area contributed by atoms with Gasteiger partial charge in [0.25, 0.3) is 0 Å². The highest BCUT2D eigenvalue weighted by Gasteiger charge is 2.13. The Bertz CT molecular complexity index is 615. The summed E-state index contributed by atoms with van der Waals surface area (Å²) in [7, 11) is 1.85. The number of carbonyl (C=O) groups excluding carboxylic acids is 1. The van der Waals surface area contributed by atoms with E-state index in [0.717, 1.165) is 10.0 Å². The molecule has 0 heterocycles. The molecule has 2 rings (SSSR count). The summed E-state index contributed by atoms with van der Waals surface area (Å²) in [6, 6.07) is 13.9. The fourth-order valence-corrected chi connectivity index (χ4v) is 2.40. The largest absolute Gasteiger partial charge is 0.295 e. The first kappa shape index (κ1) is 14.9. The molecule has 0 radical (unpaired) electrons. The Labute approximate surface area is 126 Å². The Balaban J connectivity index is 2.02. The zero-order valence-electron chi connectivity index (χ0n) is 11.1. The molecular weight excluding hydrogens is 321 g/mol. The molecule has 0 N–H and O–H groups in total. The SMILES string of the molecule is CN(CC(=O)c1ccccc1F)Cc1ccccc1Br. The van der Waals surface area contributed by atoms with Crippen LogP contribution in [-0.2, 0) is 6.54 Å². The predicted octanol–water partition coefficient (Wildman–Crippen LogP) is 3.90.